The van der Waals surface area contributed by atoms with E-state index in [-0.39, 0.29) is 23.0 Å². The van der Waals surface area contributed by atoms with Crippen molar-refractivity contribution in [3.8, 4) is 0 Å². The van der Waals surface area contributed by atoms with Gasteiger partial charge >= 0.3 is 5.97 Å². The predicted octanol–water partition coefficient (Wildman–Crippen LogP) is 3.80. The van der Waals surface area contributed by atoms with Crippen molar-refractivity contribution >= 4 is 43.5 Å². The summed E-state index contributed by atoms with van der Waals surface area (Å²) in [4.78, 5) is 29.9. The molecule has 0 spiro atoms. The van der Waals surface area contributed by atoms with E-state index in [9.17, 15) is 18.0 Å². The number of aromatic nitrogens is 1. The lowest BCUT2D eigenvalue weighted by molar-refractivity contribution is -0.141. The van der Waals surface area contributed by atoms with Crippen LogP contribution in [0.15, 0.2) is 46.3 Å². The number of nitrogens with zero attached hydrogens (tertiary/aromatic N) is 3. The highest BCUT2D eigenvalue weighted by Crippen LogP contribution is 2.26. The highest BCUT2D eigenvalue weighted by Gasteiger charge is 2.31. The zero-order valence-electron chi connectivity index (χ0n) is 20.3. The summed E-state index contributed by atoms with van der Waals surface area (Å²) in [6.07, 6.45) is 2.71. The number of hydrogen-bond donors (Lipinski definition) is 0. The van der Waals surface area contributed by atoms with Crippen LogP contribution in [0.25, 0.3) is 10.2 Å². The van der Waals surface area contributed by atoms with Crippen molar-refractivity contribution in [3.63, 3.8) is 0 Å². The Kier molecular flexibility index (Phi) is 7.25. The monoisotopic (exact) mass is 515 g/mol. The summed E-state index contributed by atoms with van der Waals surface area (Å²) in [5.41, 5.74) is 3.13. The van der Waals surface area contributed by atoms with Gasteiger partial charge in [0.15, 0.2) is 4.80 Å². The minimum absolute atomic E-state index is 0.0460. The minimum Gasteiger partial charge on any atom is -0.468 e. The van der Waals surface area contributed by atoms with Crippen molar-refractivity contribution in [1.29, 1.82) is 0 Å². The molecule has 1 unspecified atom stereocenters. The Bertz CT molecular complexity index is 1450. The van der Waals surface area contributed by atoms with E-state index in [1.165, 1.54) is 47.0 Å². The molecule has 1 aromatic heterocycles. The van der Waals surface area contributed by atoms with Crippen LogP contribution in [0.3, 0.4) is 0 Å². The van der Waals surface area contributed by atoms with Crippen molar-refractivity contribution in [1.82, 2.24) is 8.87 Å². The van der Waals surface area contributed by atoms with Gasteiger partial charge in [0.2, 0.25) is 10.0 Å². The largest absolute Gasteiger partial charge is 0.468 e. The first-order valence-electron chi connectivity index (χ1n) is 11.5. The molecule has 1 aliphatic rings. The van der Waals surface area contributed by atoms with Crippen molar-refractivity contribution in [3.05, 3.63) is 57.9 Å². The second-order valence-corrected chi connectivity index (χ2v) is 11.7. The number of benzene rings is 2. The molecule has 0 N–H and O–H groups in total. The van der Waals surface area contributed by atoms with Crippen LogP contribution in [0.5, 0.6) is 0 Å². The molecule has 186 valence electrons. The number of hydrogen-bond acceptors (Lipinski definition) is 6. The molecular weight excluding hydrogens is 486 g/mol. The van der Waals surface area contributed by atoms with Gasteiger partial charge in [-0.15, -0.1) is 0 Å². The number of piperidine rings is 1. The molecule has 35 heavy (non-hydrogen) atoms. The van der Waals surface area contributed by atoms with Crippen LogP contribution in [0.1, 0.15) is 47.7 Å². The Hall–Kier alpha value is -2.82. The summed E-state index contributed by atoms with van der Waals surface area (Å²) < 4.78 is 35.1. The molecule has 1 saturated heterocycles. The first-order chi connectivity index (χ1) is 16.6. The average Bonchev–Trinajstić information content (AvgIpc) is 3.16. The van der Waals surface area contributed by atoms with Crippen LogP contribution in [0.2, 0.25) is 0 Å². The van der Waals surface area contributed by atoms with E-state index in [2.05, 4.69) is 4.99 Å². The van der Waals surface area contributed by atoms with Crippen molar-refractivity contribution < 1.29 is 22.7 Å². The lowest BCUT2D eigenvalue weighted by Crippen LogP contribution is -2.41. The Morgan fingerprint density at radius 2 is 1.86 bits per heavy atom. The Morgan fingerprint density at radius 1 is 1.14 bits per heavy atom. The van der Waals surface area contributed by atoms with Crippen molar-refractivity contribution in [2.24, 2.45) is 4.99 Å². The molecule has 0 saturated carbocycles. The number of thiazole rings is 1. The number of fused-ring (bicyclic) bond motifs is 1. The smallest absolute Gasteiger partial charge is 0.325 e. The van der Waals surface area contributed by atoms with Gasteiger partial charge in [0.25, 0.3) is 5.91 Å². The SMILES string of the molecule is COC(=O)Cn1c(=NC(=O)c2ccc(S(=O)(=O)N3CCCCC3C)cc2)sc2c(C)cc(C)cc21. The van der Waals surface area contributed by atoms with E-state index in [1.807, 2.05) is 32.9 Å². The standard InChI is InChI=1S/C25H29N3O5S2/c1-16-13-17(2)23-21(14-16)27(15-22(29)33-4)25(34-23)26-24(30)19-8-10-20(11-9-19)35(31,32)28-12-6-5-7-18(28)3/h8-11,13-14,18H,5-7,12,15H2,1-4H3. The third kappa shape index (κ3) is 5.10. The number of sulfonamides is 1. The summed E-state index contributed by atoms with van der Waals surface area (Å²) in [6, 6.07) is 9.83. The molecule has 1 fully saturated rings. The molecule has 1 amide bonds. The highest BCUT2D eigenvalue weighted by molar-refractivity contribution is 7.89. The van der Waals surface area contributed by atoms with E-state index in [4.69, 9.17) is 4.74 Å². The van der Waals surface area contributed by atoms with Gasteiger partial charge in [0, 0.05) is 18.2 Å². The summed E-state index contributed by atoms with van der Waals surface area (Å²) in [6.45, 7) is 6.30. The van der Waals surface area contributed by atoms with E-state index in [0.717, 1.165) is 40.6 Å². The van der Waals surface area contributed by atoms with Crippen molar-refractivity contribution in [2.45, 2.75) is 57.5 Å². The van der Waals surface area contributed by atoms with Crippen LogP contribution >= 0.6 is 11.3 Å². The van der Waals surface area contributed by atoms with Gasteiger partial charge in [0.1, 0.15) is 6.54 Å². The number of carbonyl (C=O) groups excluding carboxylic acids is 2. The van der Waals surface area contributed by atoms with E-state index in [1.54, 1.807) is 4.57 Å². The summed E-state index contributed by atoms with van der Waals surface area (Å²) in [5, 5.41) is 0. The van der Waals surface area contributed by atoms with Crippen LogP contribution in [-0.2, 0) is 26.1 Å². The second-order valence-electron chi connectivity index (χ2n) is 8.88. The first-order valence-corrected chi connectivity index (χ1v) is 13.8. The quantitative estimate of drug-likeness (QED) is 0.482. The summed E-state index contributed by atoms with van der Waals surface area (Å²) >= 11 is 1.33. The molecule has 1 aliphatic heterocycles. The Balaban J connectivity index is 1.70. The van der Waals surface area contributed by atoms with E-state index in [0.29, 0.717) is 11.3 Å². The number of aryl methyl sites for hydroxylation is 2. The molecular formula is C25H29N3O5S2. The lowest BCUT2D eigenvalue weighted by Gasteiger charge is -2.32. The minimum atomic E-state index is -3.62. The predicted molar refractivity (Wildman–Crippen MR) is 135 cm³/mol. The van der Waals surface area contributed by atoms with Crippen LogP contribution in [0.4, 0.5) is 0 Å². The number of methoxy groups -OCH3 is 1. The topological polar surface area (TPSA) is 98.0 Å². The fourth-order valence-corrected chi connectivity index (χ4v) is 7.21. The maximum atomic E-state index is 13.1. The van der Waals surface area contributed by atoms with Gasteiger partial charge in [-0.3, -0.25) is 9.59 Å². The highest BCUT2D eigenvalue weighted by atomic mass is 32.2. The summed E-state index contributed by atoms with van der Waals surface area (Å²) in [7, 11) is -2.31. The first kappa shape index (κ1) is 25.3. The molecule has 3 aromatic rings. The van der Waals surface area contributed by atoms with Crippen LogP contribution in [-0.4, -0.2) is 48.9 Å². The second kappa shape index (κ2) is 10.0. The van der Waals surface area contributed by atoms with Gasteiger partial charge < -0.3 is 9.30 Å². The van der Waals surface area contributed by atoms with Gasteiger partial charge in [0.05, 0.1) is 22.2 Å². The van der Waals surface area contributed by atoms with Gasteiger partial charge in [-0.1, -0.05) is 23.8 Å². The fraction of sp³-hybridized carbons (Fsp3) is 0.400. The van der Waals surface area contributed by atoms with Gasteiger partial charge in [-0.05, 0) is 75.1 Å². The third-order valence-electron chi connectivity index (χ3n) is 6.28. The number of ether oxygens (including phenoxy) is 1. The average molecular weight is 516 g/mol. The molecule has 10 heteroatoms. The zero-order valence-corrected chi connectivity index (χ0v) is 21.9. The number of esters is 1. The molecule has 4 rings (SSSR count). The molecule has 8 nitrogen and oxygen atoms in total. The van der Waals surface area contributed by atoms with E-state index >= 15 is 0 Å². The van der Waals surface area contributed by atoms with Gasteiger partial charge in [-0.2, -0.15) is 9.30 Å². The normalized spacial score (nSPS) is 17.6. The number of amides is 1. The van der Waals surface area contributed by atoms with Crippen LogP contribution in [0, 0.1) is 13.8 Å². The molecule has 2 heterocycles. The Morgan fingerprint density at radius 3 is 2.51 bits per heavy atom. The lowest BCUT2D eigenvalue weighted by atomic mass is 10.1. The fourth-order valence-electron chi connectivity index (χ4n) is 4.43. The number of carbonyl (C=O) groups is 2. The molecule has 1 atom stereocenters. The molecule has 2 aromatic carbocycles. The number of rotatable bonds is 5. The maximum Gasteiger partial charge on any atom is 0.325 e. The third-order valence-corrected chi connectivity index (χ3v) is 9.53. The Labute approximate surface area is 208 Å². The molecule has 0 aliphatic carbocycles. The maximum absolute atomic E-state index is 13.1. The molecule has 0 radical (unpaired) electrons. The van der Waals surface area contributed by atoms with E-state index < -0.39 is 21.9 Å². The van der Waals surface area contributed by atoms with Gasteiger partial charge in [-0.25, -0.2) is 8.42 Å². The molecule has 0 bridgehead atoms. The zero-order chi connectivity index (χ0) is 25.3. The van der Waals surface area contributed by atoms with Crippen LogP contribution < -0.4 is 4.80 Å². The summed E-state index contributed by atoms with van der Waals surface area (Å²) in [5.74, 6) is -0.959. The van der Waals surface area contributed by atoms with Crippen molar-refractivity contribution in [2.75, 3.05) is 13.7 Å².